The number of aryl methyl sites for hydroxylation is 1. The average molecular weight is 138 g/mol. The van der Waals surface area contributed by atoms with Crippen LogP contribution in [0, 0.1) is 6.92 Å². The van der Waals surface area contributed by atoms with Gasteiger partial charge in [-0.15, -0.1) is 11.3 Å². The van der Waals surface area contributed by atoms with E-state index in [1.165, 1.54) is 10.4 Å². The lowest BCUT2D eigenvalue weighted by Crippen LogP contribution is -1.64. The minimum Gasteiger partial charge on any atom is -0.144 e. The highest BCUT2D eigenvalue weighted by Crippen LogP contribution is 2.16. The van der Waals surface area contributed by atoms with Crippen LogP contribution in [0.15, 0.2) is 17.5 Å². The van der Waals surface area contributed by atoms with Crippen molar-refractivity contribution in [3.63, 3.8) is 0 Å². The molecule has 0 aliphatic heterocycles. The van der Waals surface area contributed by atoms with Crippen molar-refractivity contribution in [1.29, 1.82) is 0 Å². The van der Waals surface area contributed by atoms with Crippen molar-refractivity contribution in [2.75, 3.05) is 0 Å². The van der Waals surface area contributed by atoms with Crippen LogP contribution in [0.5, 0.6) is 0 Å². The van der Waals surface area contributed by atoms with Crippen LogP contribution in [0.1, 0.15) is 17.4 Å². The zero-order chi connectivity index (χ0) is 6.69. The third-order valence-corrected chi connectivity index (χ3v) is 2.20. The summed E-state index contributed by atoms with van der Waals surface area (Å²) in [6.45, 7) is 4.17. The summed E-state index contributed by atoms with van der Waals surface area (Å²) in [5.74, 6) is 0. The summed E-state index contributed by atoms with van der Waals surface area (Å²) in [5, 5.41) is 2.12. The van der Waals surface area contributed by atoms with Crippen molar-refractivity contribution in [3.8, 4) is 0 Å². The van der Waals surface area contributed by atoms with E-state index < -0.39 is 0 Å². The highest BCUT2D eigenvalue weighted by Gasteiger charge is 1.90. The second-order valence-corrected chi connectivity index (χ2v) is 2.92. The zero-order valence-electron chi connectivity index (χ0n) is 5.72. The minimum absolute atomic E-state index is 1.37. The zero-order valence-corrected chi connectivity index (χ0v) is 6.53. The Morgan fingerprint density at radius 2 is 2.33 bits per heavy atom. The summed E-state index contributed by atoms with van der Waals surface area (Å²) >= 11 is 1.79. The molecule has 1 aromatic heterocycles. The van der Waals surface area contributed by atoms with Gasteiger partial charge in [-0.3, -0.25) is 0 Å². The van der Waals surface area contributed by atoms with Gasteiger partial charge in [0.25, 0.3) is 0 Å². The molecule has 0 fully saturated rings. The average Bonchev–Trinajstić information content (AvgIpc) is 2.18. The van der Waals surface area contributed by atoms with Crippen LogP contribution in [-0.4, -0.2) is 0 Å². The van der Waals surface area contributed by atoms with Crippen LogP contribution < -0.4 is 0 Å². The number of hydrogen-bond donors (Lipinski definition) is 0. The predicted molar refractivity (Wildman–Crippen MR) is 43.8 cm³/mol. The smallest absolute Gasteiger partial charge is 0.0296 e. The lowest BCUT2D eigenvalue weighted by molar-refractivity contribution is 1.53. The molecule has 0 unspecified atom stereocenters. The Kier molecular flexibility index (Phi) is 2.06. The first-order valence-electron chi connectivity index (χ1n) is 3.01. The SMILES string of the molecule is C/C=C\c1sccc1C. The molecule has 0 radical (unpaired) electrons. The van der Waals surface area contributed by atoms with E-state index >= 15 is 0 Å². The van der Waals surface area contributed by atoms with Crippen LogP contribution >= 0.6 is 11.3 Å². The molecule has 0 nitrogen and oxygen atoms in total. The molecule has 1 aromatic rings. The Bertz CT molecular complexity index is 208. The van der Waals surface area contributed by atoms with Gasteiger partial charge in [0.2, 0.25) is 0 Å². The van der Waals surface area contributed by atoms with E-state index in [0.29, 0.717) is 0 Å². The highest BCUT2D eigenvalue weighted by atomic mass is 32.1. The van der Waals surface area contributed by atoms with E-state index in [2.05, 4.69) is 30.5 Å². The normalized spacial score (nSPS) is 10.9. The van der Waals surface area contributed by atoms with Gasteiger partial charge in [-0.25, -0.2) is 0 Å². The topological polar surface area (TPSA) is 0 Å². The summed E-state index contributed by atoms with van der Waals surface area (Å²) in [6, 6.07) is 2.14. The lowest BCUT2D eigenvalue weighted by Gasteiger charge is -1.84. The fourth-order valence-corrected chi connectivity index (χ4v) is 1.59. The van der Waals surface area contributed by atoms with Crippen molar-refractivity contribution in [2.45, 2.75) is 13.8 Å². The highest BCUT2D eigenvalue weighted by molar-refractivity contribution is 7.11. The van der Waals surface area contributed by atoms with Gasteiger partial charge in [-0.2, -0.15) is 0 Å². The molecule has 0 bridgehead atoms. The Balaban J connectivity index is 2.94. The van der Waals surface area contributed by atoms with E-state index in [9.17, 15) is 0 Å². The first-order valence-corrected chi connectivity index (χ1v) is 3.89. The molecule has 0 saturated carbocycles. The van der Waals surface area contributed by atoms with Gasteiger partial charge in [0.1, 0.15) is 0 Å². The number of allylic oxidation sites excluding steroid dienone is 1. The predicted octanol–water partition coefficient (Wildman–Crippen LogP) is 3.09. The third kappa shape index (κ3) is 1.42. The summed E-state index contributed by atoms with van der Waals surface area (Å²) < 4.78 is 0. The van der Waals surface area contributed by atoms with Crippen molar-refractivity contribution in [1.82, 2.24) is 0 Å². The molecular formula is C8H10S. The van der Waals surface area contributed by atoms with Gasteiger partial charge in [-0.1, -0.05) is 6.08 Å². The number of hydrogen-bond acceptors (Lipinski definition) is 1. The Labute approximate surface area is 59.8 Å². The van der Waals surface area contributed by atoms with Crippen LogP contribution in [0.4, 0.5) is 0 Å². The molecule has 0 amide bonds. The standard InChI is InChI=1S/C8H10S/c1-3-4-8-7(2)5-6-9-8/h3-6H,1-2H3/b4-3-. The molecular weight excluding hydrogens is 128 g/mol. The van der Waals surface area contributed by atoms with Gasteiger partial charge < -0.3 is 0 Å². The molecule has 0 saturated heterocycles. The quantitative estimate of drug-likeness (QED) is 0.559. The summed E-state index contributed by atoms with van der Waals surface area (Å²) in [4.78, 5) is 1.37. The molecule has 0 atom stereocenters. The van der Waals surface area contributed by atoms with E-state index in [0.717, 1.165) is 0 Å². The molecule has 9 heavy (non-hydrogen) atoms. The van der Waals surface area contributed by atoms with E-state index in [1.807, 2.05) is 6.92 Å². The van der Waals surface area contributed by atoms with Crippen LogP contribution in [-0.2, 0) is 0 Å². The second kappa shape index (κ2) is 2.83. The maximum Gasteiger partial charge on any atom is 0.0296 e. The van der Waals surface area contributed by atoms with Crippen LogP contribution in [0.25, 0.3) is 6.08 Å². The van der Waals surface area contributed by atoms with Crippen molar-refractivity contribution in [2.24, 2.45) is 0 Å². The van der Waals surface area contributed by atoms with Gasteiger partial charge in [0.15, 0.2) is 0 Å². The van der Waals surface area contributed by atoms with E-state index in [-0.39, 0.29) is 0 Å². The Morgan fingerprint density at radius 3 is 2.78 bits per heavy atom. The lowest BCUT2D eigenvalue weighted by atomic mass is 10.3. The largest absolute Gasteiger partial charge is 0.144 e. The molecule has 0 aromatic carbocycles. The third-order valence-electron chi connectivity index (χ3n) is 1.22. The van der Waals surface area contributed by atoms with Gasteiger partial charge >= 0.3 is 0 Å². The number of rotatable bonds is 1. The van der Waals surface area contributed by atoms with Gasteiger partial charge in [0, 0.05) is 4.88 Å². The molecule has 1 heterocycles. The summed E-state index contributed by atoms with van der Waals surface area (Å²) in [7, 11) is 0. The summed E-state index contributed by atoms with van der Waals surface area (Å²) in [6.07, 6.45) is 4.21. The summed E-state index contributed by atoms with van der Waals surface area (Å²) in [5.41, 5.74) is 1.37. The monoisotopic (exact) mass is 138 g/mol. The van der Waals surface area contributed by atoms with Crippen LogP contribution in [0.2, 0.25) is 0 Å². The maximum atomic E-state index is 2.14. The van der Waals surface area contributed by atoms with Gasteiger partial charge in [0.05, 0.1) is 0 Å². The molecule has 0 spiro atoms. The first-order chi connectivity index (χ1) is 4.34. The molecule has 0 N–H and O–H groups in total. The first kappa shape index (κ1) is 6.56. The minimum atomic E-state index is 1.37. The molecule has 0 aliphatic carbocycles. The van der Waals surface area contributed by atoms with Crippen molar-refractivity contribution < 1.29 is 0 Å². The molecule has 0 aliphatic rings. The Morgan fingerprint density at radius 1 is 1.56 bits per heavy atom. The van der Waals surface area contributed by atoms with Gasteiger partial charge in [-0.05, 0) is 36.9 Å². The molecule has 48 valence electrons. The fourth-order valence-electron chi connectivity index (χ4n) is 0.707. The van der Waals surface area contributed by atoms with Crippen molar-refractivity contribution >= 4 is 17.4 Å². The van der Waals surface area contributed by atoms with Crippen molar-refractivity contribution in [3.05, 3.63) is 28.0 Å². The van der Waals surface area contributed by atoms with E-state index in [4.69, 9.17) is 0 Å². The van der Waals surface area contributed by atoms with Crippen LogP contribution in [0.3, 0.4) is 0 Å². The molecule has 1 heteroatoms. The van der Waals surface area contributed by atoms with E-state index in [1.54, 1.807) is 11.3 Å². The molecule has 1 rings (SSSR count). The fraction of sp³-hybridized carbons (Fsp3) is 0.250. The Hall–Kier alpha value is -0.560. The second-order valence-electron chi connectivity index (χ2n) is 1.97. The number of thiophene rings is 1. The maximum absolute atomic E-state index is 2.14.